The Balaban J connectivity index is 1.29. The molecule has 1 aliphatic rings. The van der Waals surface area contributed by atoms with Crippen LogP contribution in [0, 0.1) is 5.92 Å². The first-order chi connectivity index (χ1) is 14.7. The number of carbonyl (C=O) groups excluding carboxylic acids is 1. The number of amides is 1. The maximum Gasteiger partial charge on any atom is 0.282 e. The summed E-state index contributed by atoms with van der Waals surface area (Å²) in [6.45, 7) is 1.53. The van der Waals surface area contributed by atoms with E-state index in [1.165, 1.54) is 16.9 Å². The van der Waals surface area contributed by atoms with E-state index < -0.39 is 0 Å². The van der Waals surface area contributed by atoms with Gasteiger partial charge in [0.05, 0.1) is 11.7 Å². The van der Waals surface area contributed by atoms with Crippen LogP contribution in [0.15, 0.2) is 60.9 Å². The Hall–Kier alpha value is -2.70. The van der Waals surface area contributed by atoms with Crippen molar-refractivity contribution in [3.05, 3.63) is 75.8 Å². The highest BCUT2D eigenvalue weighted by Crippen LogP contribution is 2.35. The van der Waals surface area contributed by atoms with E-state index in [0.29, 0.717) is 21.0 Å². The summed E-state index contributed by atoms with van der Waals surface area (Å²) in [5, 5.41) is 4.80. The summed E-state index contributed by atoms with van der Waals surface area (Å²) in [6, 6.07) is 16.4. The fourth-order valence-electron chi connectivity index (χ4n) is 4.10. The molecule has 5 nitrogen and oxygen atoms in total. The smallest absolute Gasteiger partial charge is 0.282 e. The summed E-state index contributed by atoms with van der Waals surface area (Å²) < 4.78 is 2.31. The molecule has 4 heterocycles. The molecular weight excluding hydrogens is 416 g/mol. The van der Waals surface area contributed by atoms with Crippen molar-refractivity contribution in [2.45, 2.75) is 19.3 Å². The molecule has 0 saturated carbocycles. The number of benzene rings is 1. The summed E-state index contributed by atoms with van der Waals surface area (Å²) in [5.74, 6) is 0.591. The number of fused-ring (bicyclic) bond motifs is 1. The molecule has 1 fully saturated rings. The zero-order chi connectivity index (χ0) is 20.5. The maximum atomic E-state index is 13.1. The zero-order valence-corrected chi connectivity index (χ0v) is 17.9. The Kier molecular flexibility index (Phi) is 5.27. The van der Waals surface area contributed by atoms with Crippen LogP contribution in [0.25, 0.3) is 16.8 Å². The molecule has 0 unspecified atom stereocenters. The molecule has 0 aliphatic carbocycles. The molecule has 1 amide bonds. The third kappa shape index (κ3) is 3.73. The molecule has 5 rings (SSSR count). The van der Waals surface area contributed by atoms with E-state index >= 15 is 0 Å². The normalized spacial score (nSPS) is 15.0. The molecule has 0 atom stereocenters. The van der Waals surface area contributed by atoms with Crippen molar-refractivity contribution in [2.75, 3.05) is 13.1 Å². The quantitative estimate of drug-likeness (QED) is 0.441. The SMILES string of the molecule is O=C(c1nc(-c2cnn3ccccc23)c(Cl)s1)N1CCC(Cc2ccccc2)CC1. The summed E-state index contributed by atoms with van der Waals surface area (Å²) in [7, 11) is 0. The number of rotatable bonds is 4. The number of halogens is 1. The lowest BCUT2D eigenvalue weighted by molar-refractivity contribution is 0.0690. The molecule has 1 aliphatic heterocycles. The van der Waals surface area contributed by atoms with Crippen LogP contribution in [-0.2, 0) is 6.42 Å². The highest BCUT2D eigenvalue weighted by Gasteiger charge is 2.27. The number of carbonyl (C=O) groups is 1. The fraction of sp³-hybridized carbons (Fsp3) is 0.261. The van der Waals surface area contributed by atoms with E-state index in [9.17, 15) is 4.79 Å². The van der Waals surface area contributed by atoms with Gasteiger partial charge in [0.2, 0.25) is 0 Å². The molecule has 0 N–H and O–H groups in total. The van der Waals surface area contributed by atoms with E-state index in [0.717, 1.165) is 43.4 Å². The largest absolute Gasteiger partial charge is 0.337 e. The molecule has 1 saturated heterocycles. The van der Waals surface area contributed by atoms with E-state index in [1.807, 2.05) is 35.4 Å². The van der Waals surface area contributed by atoms with Gasteiger partial charge in [-0.25, -0.2) is 9.50 Å². The van der Waals surface area contributed by atoms with Crippen LogP contribution in [0.4, 0.5) is 0 Å². The first-order valence-electron chi connectivity index (χ1n) is 10.1. The average Bonchev–Trinajstić information content (AvgIpc) is 3.38. The standard InChI is InChI=1S/C23H21ClN4OS/c24-21-20(18-15-25-28-11-5-4-8-19(18)28)26-22(30-21)23(29)27-12-9-17(10-13-27)14-16-6-2-1-3-7-16/h1-8,11,15,17H,9-10,12-14H2. The van der Waals surface area contributed by atoms with Gasteiger partial charge in [-0.1, -0.05) is 59.3 Å². The number of likely N-dealkylation sites (tertiary alicyclic amines) is 1. The van der Waals surface area contributed by atoms with Crippen molar-refractivity contribution in [3.8, 4) is 11.3 Å². The summed E-state index contributed by atoms with van der Waals surface area (Å²) >= 11 is 7.73. The van der Waals surface area contributed by atoms with Gasteiger partial charge in [-0.3, -0.25) is 4.79 Å². The van der Waals surface area contributed by atoms with Crippen LogP contribution in [0.2, 0.25) is 4.34 Å². The number of nitrogens with zero attached hydrogens (tertiary/aromatic N) is 4. The Morgan fingerprint density at radius 1 is 1.10 bits per heavy atom. The highest BCUT2D eigenvalue weighted by atomic mass is 35.5. The van der Waals surface area contributed by atoms with E-state index in [4.69, 9.17) is 11.6 Å². The first kappa shape index (κ1) is 19.3. The van der Waals surface area contributed by atoms with Gasteiger partial charge in [0, 0.05) is 24.8 Å². The van der Waals surface area contributed by atoms with Crippen LogP contribution in [0.5, 0.6) is 0 Å². The monoisotopic (exact) mass is 436 g/mol. The van der Waals surface area contributed by atoms with Crippen LogP contribution in [0.3, 0.4) is 0 Å². The predicted octanol–water partition coefficient (Wildman–Crippen LogP) is 5.21. The zero-order valence-electron chi connectivity index (χ0n) is 16.4. The minimum atomic E-state index is -0.0252. The van der Waals surface area contributed by atoms with Crippen molar-refractivity contribution < 1.29 is 4.79 Å². The van der Waals surface area contributed by atoms with Gasteiger partial charge < -0.3 is 4.90 Å². The molecule has 0 radical (unpaired) electrons. The summed E-state index contributed by atoms with van der Waals surface area (Å²) in [4.78, 5) is 19.6. The Morgan fingerprint density at radius 2 is 1.87 bits per heavy atom. The van der Waals surface area contributed by atoms with Gasteiger partial charge in [0.1, 0.15) is 10.0 Å². The Bertz CT molecular complexity index is 1180. The molecule has 0 spiro atoms. The maximum absolute atomic E-state index is 13.1. The fourth-order valence-corrected chi connectivity index (χ4v) is 5.24. The summed E-state index contributed by atoms with van der Waals surface area (Å²) in [6.07, 6.45) is 6.73. The minimum absolute atomic E-state index is 0.0252. The highest BCUT2D eigenvalue weighted by molar-refractivity contribution is 7.18. The van der Waals surface area contributed by atoms with Crippen LogP contribution in [-0.4, -0.2) is 38.5 Å². The number of piperidine rings is 1. The number of thiazole rings is 1. The molecular formula is C23H21ClN4OS. The van der Waals surface area contributed by atoms with Gasteiger partial charge in [-0.15, -0.1) is 0 Å². The lowest BCUT2D eigenvalue weighted by atomic mass is 9.90. The predicted molar refractivity (Wildman–Crippen MR) is 120 cm³/mol. The Morgan fingerprint density at radius 3 is 2.67 bits per heavy atom. The second kappa shape index (κ2) is 8.20. The third-order valence-electron chi connectivity index (χ3n) is 5.72. The van der Waals surface area contributed by atoms with Crippen molar-refractivity contribution in [1.29, 1.82) is 0 Å². The third-order valence-corrected chi connectivity index (χ3v) is 6.96. The molecule has 3 aromatic heterocycles. The second-order valence-corrected chi connectivity index (χ2v) is 9.26. The van der Waals surface area contributed by atoms with Gasteiger partial charge >= 0.3 is 0 Å². The van der Waals surface area contributed by atoms with Crippen molar-refractivity contribution >= 4 is 34.4 Å². The van der Waals surface area contributed by atoms with Crippen molar-refractivity contribution in [2.24, 2.45) is 5.92 Å². The molecule has 4 aromatic rings. The van der Waals surface area contributed by atoms with Crippen molar-refractivity contribution in [1.82, 2.24) is 19.5 Å². The van der Waals surface area contributed by atoms with E-state index in [2.05, 4.69) is 34.3 Å². The molecule has 7 heteroatoms. The van der Waals surface area contributed by atoms with Crippen LogP contribution < -0.4 is 0 Å². The number of aromatic nitrogens is 3. The molecule has 30 heavy (non-hydrogen) atoms. The number of pyridine rings is 1. The van der Waals surface area contributed by atoms with Gasteiger partial charge in [0.25, 0.3) is 5.91 Å². The molecule has 0 bridgehead atoms. The van der Waals surface area contributed by atoms with E-state index in [-0.39, 0.29) is 5.91 Å². The van der Waals surface area contributed by atoms with Crippen LogP contribution in [0.1, 0.15) is 28.2 Å². The lowest BCUT2D eigenvalue weighted by Gasteiger charge is -2.31. The molecule has 152 valence electrons. The summed E-state index contributed by atoms with van der Waals surface area (Å²) in [5.41, 5.74) is 3.76. The van der Waals surface area contributed by atoms with Gasteiger partial charge in [-0.2, -0.15) is 5.10 Å². The lowest BCUT2D eigenvalue weighted by Crippen LogP contribution is -2.38. The Labute approximate surface area is 183 Å². The van der Waals surface area contributed by atoms with Crippen molar-refractivity contribution in [3.63, 3.8) is 0 Å². The van der Waals surface area contributed by atoms with Gasteiger partial charge in [0.15, 0.2) is 5.01 Å². The second-order valence-electron chi connectivity index (χ2n) is 7.66. The van der Waals surface area contributed by atoms with Crippen LogP contribution >= 0.6 is 22.9 Å². The van der Waals surface area contributed by atoms with E-state index in [1.54, 1.807) is 10.7 Å². The minimum Gasteiger partial charge on any atom is -0.337 e. The first-order valence-corrected chi connectivity index (χ1v) is 11.3. The average molecular weight is 437 g/mol. The number of hydrogen-bond donors (Lipinski definition) is 0. The number of hydrogen-bond acceptors (Lipinski definition) is 4. The van der Waals surface area contributed by atoms with Gasteiger partial charge in [-0.05, 0) is 42.9 Å². The topological polar surface area (TPSA) is 50.5 Å². The molecule has 1 aromatic carbocycles.